The molecule has 0 aliphatic carbocycles. The Balaban J connectivity index is 1.94. The molecule has 1 aliphatic heterocycles. The third-order valence-electron chi connectivity index (χ3n) is 3.53. The fraction of sp³-hybridized carbons (Fsp3) is 0.562. The molecule has 2 atom stereocenters. The number of amides is 1. The van der Waals surface area contributed by atoms with Crippen molar-refractivity contribution < 1.29 is 14.6 Å². The molecule has 1 aromatic rings. The fourth-order valence-corrected chi connectivity index (χ4v) is 2.58. The minimum atomic E-state index is -0.478. The summed E-state index contributed by atoms with van der Waals surface area (Å²) in [5, 5.41) is 12.7. The van der Waals surface area contributed by atoms with Gasteiger partial charge in [0.25, 0.3) is 0 Å². The molecule has 110 valence electrons. The molecule has 2 unspecified atom stereocenters. The van der Waals surface area contributed by atoms with Crippen LogP contribution in [0, 0.1) is 5.92 Å². The second-order valence-corrected chi connectivity index (χ2v) is 5.76. The van der Waals surface area contributed by atoms with Gasteiger partial charge in [0.15, 0.2) is 0 Å². The van der Waals surface area contributed by atoms with Gasteiger partial charge in [-0.25, -0.2) is 0 Å². The van der Waals surface area contributed by atoms with Crippen LogP contribution in [0.3, 0.4) is 0 Å². The van der Waals surface area contributed by atoms with Gasteiger partial charge in [-0.2, -0.15) is 0 Å². The maximum atomic E-state index is 12.3. The maximum absolute atomic E-state index is 12.3. The summed E-state index contributed by atoms with van der Waals surface area (Å²) < 4.78 is 5.55. The molecule has 1 heterocycles. The summed E-state index contributed by atoms with van der Waals surface area (Å²) in [4.78, 5) is 12.3. The van der Waals surface area contributed by atoms with E-state index in [-0.39, 0.29) is 11.8 Å². The van der Waals surface area contributed by atoms with Crippen LogP contribution in [-0.4, -0.2) is 30.3 Å². The van der Waals surface area contributed by atoms with E-state index in [4.69, 9.17) is 4.74 Å². The molecule has 0 aromatic heterocycles. The number of benzene rings is 1. The molecule has 0 saturated carbocycles. The quantitative estimate of drug-likeness (QED) is 0.866. The molecule has 0 radical (unpaired) electrons. The van der Waals surface area contributed by atoms with Gasteiger partial charge in [-0.15, -0.1) is 0 Å². The lowest BCUT2D eigenvalue weighted by Gasteiger charge is -2.25. The van der Waals surface area contributed by atoms with E-state index in [1.807, 2.05) is 24.3 Å². The van der Waals surface area contributed by atoms with Crippen molar-refractivity contribution >= 4 is 5.91 Å². The molecular weight excluding hydrogens is 254 g/mol. The van der Waals surface area contributed by atoms with Gasteiger partial charge in [-0.1, -0.05) is 32.0 Å². The summed E-state index contributed by atoms with van der Waals surface area (Å²) in [6.45, 7) is 4.99. The van der Waals surface area contributed by atoms with Gasteiger partial charge >= 0.3 is 0 Å². The number of rotatable bonds is 5. The lowest BCUT2D eigenvalue weighted by atomic mass is 9.92. The lowest BCUT2D eigenvalue weighted by molar-refractivity contribution is -0.123. The Hall–Kier alpha value is -1.55. The van der Waals surface area contributed by atoms with Crippen LogP contribution in [0.4, 0.5) is 0 Å². The third kappa shape index (κ3) is 3.73. The zero-order chi connectivity index (χ0) is 14.5. The zero-order valence-electron chi connectivity index (χ0n) is 12.1. The number of carbonyl (C=O) groups excluding carboxylic acids is 1. The molecule has 1 aliphatic rings. The average molecular weight is 277 g/mol. The van der Waals surface area contributed by atoms with Gasteiger partial charge in [0, 0.05) is 12.1 Å². The SMILES string of the molecule is CC(C)CC(O)CNC(=O)C1CCOc2ccccc21. The van der Waals surface area contributed by atoms with Crippen LogP contribution in [0.5, 0.6) is 5.75 Å². The summed E-state index contributed by atoms with van der Waals surface area (Å²) in [5.41, 5.74) is 0.939. The third-order valence-corrected chi connectivity index (χ3v) is 3.53. The number of aliphatic hydroxyl groups excluding tert-OH is 1. The molecule has 0 fully saturated rings. The van der Waals surface area contributed by atoms with Gasteiger partial charge in [0.1, 0.15) is 5.75 Å². The number of para-hydroxylation sites is 1. The van der Waals surface area contributed by atoms with Crippen molar-refractivity contribution in [3.8, 4) is 5.75 Å². The first-order valence-corrected chi connectivity index (χ1v) is 7.25. The number of hydrogen-bond acceptors (Lipinski definition) is 3. The van der Waals surface area contributed by atoms with Crippen LogP contribution in [0.2, 0.25) is 0 Å². The second-order valence-electron chi connectivity index (χ2n) is 5.76. The molecule has 4 nitrogen and oxygen atoms in total. The van der Waals surface area contributed by atoms with Gasteiger partial charge in [0.2, 0.25) is 5.91 Å². The number of fused-ring (bicyclic) bond motifs is 1. The van der Waals surface area contributed by atoms with E-state index in [1.165, 1.54) is 0 Å². The highest BCUT2D eigenvalue weighted by Gasteiger charge is 2.27. The van der Waals surface area contributed by atoms with Crippen LogP contribution in [0.15, 0.2) is 24.3 Å². The Bertz CT molecular complexity index is 459. The zero-order valence-corrected chi connectivity index (χ0v) is 12.1. The predicted molar refractivity (Wildman–Crippen MR) is 77.8 cm³/mol. The van der Waals surface area contributed by atoms with Gasteiger partial charge < -0.3 is 15.2 Å². The highest BCUT2D eigenvalue weighted by molar-refractivity contribution is 5.84. The van der Waals surface area contributed by atoms with Gasteiger partial charge in [-0.3, -0.25) is 4.79 Å². The van der Waals surface area contributed by atoms with E-state index < -0.39 is 6.10 Å². The number of aliphatic hydroxyl groups is 1. The molecule has 1 aromatic carbocycles. The topological polar surface area (TPSA) is 58.6 Å². The minimum Gasteiger partial charge on any atom is -0.493 e. The van der Waals surface area contributed by atoms with Crippen molar-refractivity contribution in [3.05, 3.63) is 29.8 Å². The Morgan fingerprint density at radius 1 is 1.45 bits per heavy atom. The second kappa shape index (κ2) is 6.75. The van der Waals surface area contributed by atoms with Gasteiger partial charge in [-0.05, 0) is 24.8 Å². The molecule has 2 rings (SSSR count). The first kappa shape index (κ1) is 14.9. The summed E-state index contributed by atoms with van der Waals surface area (Å²) in [5.74, 6) is 1.02. The molecule has 0 bridgehead atoms. The number of nitrogens with one attached hydrogen (secondary N) is 1. The molecule has 0 spiro atoms. The van der Waals surface area contributed by atoms with Crippen LogP contribution >= 0.6 is 0 Å². The fourth-order valence-electron chi connectivity index (χ4n) is 2.58. The number of ether oxygens (including phenoxy) is 1. The molecule has 2 N–H and O–H groups in total. The molecule has 0 saturated heterocycles. The molecule has 4 heteroatoms. The van der Waals surface area contributed by atoms with Crippen LogP contribution in [0.1, 0.15) is 38.2 Å². The van der Waals surface area contributed by atoms with Crippen LogP contribution in [-0.2, 0) is 4.79 Å². The average Bonchev–Trinajstić information content (AvgIpc) is 2.43. The highest BCUT2D eigenvalue weighted by atomic mass is 16.5. The van der Waals surface area contributed by atoms with Crippen molar-refractivity contribution in [3.63, 3.8) is 0 Å². The van der Waals surface area contributed by atoms with Crippen LogP contribution < -0.4 is 10.1 Å². The largest absolute Gasteiger partial charge is 0.493 e. The van der Waals surface area contributed by atoms with Crippen LogP contribution in [0.25, 0.3) is 0 Å². The maximum Gasteiger partial charge on any atom is 0.227 e. The Kier molecular flexibility index (Phi) is 5.01. The van der Waals surface area contributed by atoms with Crippen molar-refractivity contribution in [2.45, 2.75) is 38.7 Å². The van der Waals surface area contributed by atoms with E-state index in [9.17, 15) is 9.90 Å². The summed E-state index contributed by atoms with van der Waals surface area (Å²) in [7, 11) is 0. The molecular formula is C16H23NO3. The van der Waals surface area contributed by atoms with E-state index in [2.05, 4.69) is 19.2 Å². The Morgan fingerprint density at radius 3 is 2.95 bits per heavy atom. The van der Waals surface area contributed by atoms with Crippen molar-refractivity contribution in [2.75, 3.05) is 13.2 Å². The van der Waals surface area contributed by atoms with Crippen molar-refractivity contribution in [2.24, 2.45) is 5.92 Å². The van der Waals surface area contributed by atoms with Crippen molar-refractivity contribution in [1.29, 1.82) is 0 Å². The number of hydrogen-bond donors (Lipinski definition) is 2. The first-order valence-electron chi connectivity index (χ1n) is 7.25. The first-order chi connectivity index (χ1) is 9.58. The van der Waals surface area contributed by atoms with E-state index in [0.29, 0.717) is 31.9 Å². The summed E-state index contributed by atoms with van der Waals surface area (Å²) in [6, 6.07) is 7.65. The number of carbonyl (C=O) groups is 1. The Labute approximate surface area is 120 Å². The lowest BCUT2D eigenvalue weighted by Crippen LogP contribution is -2.37. The van der Waals surface area contributed by atoms with E-state index in [1.54, 1.807) is 0 Å². The summed E-state index contributed by atoms with van der Waals surface area (Å²) >= 11 is 0. The monoisotopic (exact) mass is 277 g/mol. The molecule has 1 amide bonds. The standard InChI is InChI=1S/C16H23NO3/c1-11(2)9-12(18)10-17-16(19)14-7-8-20-15-6-4-3-5-13(14)15/h3-6,11-12,14,18H,7-10H2,1-2H3,(H,17,19). The van der Waals surface area contributed by atoms with E-state index >= 15 is 0 Å². The predicted octanol–water partition coefficient (Wildman–Crippen LogP) is 2.08. The highest BCUT2D eigenvalue weighted by Crippen LogP contribution is 2.33. The molecule has 20 heavy (non-hydrogen) atoms. The normalized spacial score (nSPS) is 19.1. The minimum absolute atomic E-state index is 0.0245. The van der Waals surface area contributed by atoms with E-state index in [0.717, 1.165) is 11.3 Å². The van der Waals surface area contributed by atoms with Crippen molar-refractivity contribution in [1.82, 2.24) is 5.32 Å². The summed E-state index contributed by atoms with van der Waals surface area (Å²) in [6.07, 6.45) is 0.905. The Morgan fingerprint density at radius 2 is 2.20 bits per heavy atom. The smallest absolute Gasteiger partial charge is 0.227 e. The van der Waals surface area contributed by atoms with Gasteiger partial charge in [0.05, 0.1) is 18.6 Å².